The summed E-state index contributed by atoms with van der Waals surface area (Å²) < 4.78 is 50.5. The average molecular weight is 556 g/mol. The van der Waals surface area contributed by atoms with Crippen LogP contribution in [-0.2, 0) is 18.4 Å². The fourth-order valence-corrected chi connectivity index (χ4v) is 5.03. The lowest BCUT2D eigenvalue weighted by Gasteiger charge is -2.31. The molecule has 1 fully saturated rings. The molecule has 2 aromatic heterocycles. The molecule has 1 aliphatic heterocycles. The van der Waals surface area contributed by atoms with Crippen LogP contribution in [0.4, 0.5) is 13.2 Å². The molecule has 1 saturated heterocycles. The van der Waals surface area contributed by atoms with Crippen molar-refractivity contribution in [2.45, 2.75) is 31.5 Å². The van der Waals surface area contributed by atoms with Gasteiger partial charge in [-0.25, -0.2) is 18.0 Å². The molecule has 3 heterocycles. The van der Waals surface area contributed by atoms with Crippen molar-refractivity contribution in [1.82, 2.24) is 23.8 Å². The van der Waals surface area contributed by atoms with E-state index in [0.717, 1.165) is 34.4 Å². The Morgan fingerprint density at radius 2 is 1.77 bits per heavy atom. The number of rotatable bonds is 9. The minimum atomic E-state index is -1.52. The Labute approximate surface area is 227 Å². The van der Waals surface area contributed by atoms with E-state index in [1.807, 2.05) is 31.4 Å². The number of hydrogen-bond donors (Lipinski definition) is 0. The van der Waals surface area contributed by atoms with Gasteiger partial charge in [-0.15, -0.1) is 0 Å². The molecule has 5 rings (SSSR count). The Balaban J connectivity index is 1.60. The zero-order valence-electron chi connectivity index (χ0n) is 21.8. The molecule has 0 saturated carbocycles. The quantitative estimate of drug-likeness (QED) is 0.296. The molecule has 0 N–H and O–H groups in total. The lowest BCUT2D eigenvalue weighted by Crippen LogP contribution is -2.44. The van der Waals surface area contributed by atoms with Crippen molar-refractivity contribution in [3.8, 4) is 17.0 Å². The monoisotopic (exact) mass is 555 g/mol. The van der Waals surface area contributed by atoms with Gasteiger partial charge >= 0.3 is 5.69 Å². The summed E-state index contributed by atoms with van der Waals surface area (Å²) in [4.78, 5) is 40.2. The molecule has 0 unspecified atom stereocenters. The maximum Gasteiger partial charge on any atom is 0.332 e. The van der Waals surface area contributed by atoms with E-state index in [9.17, 15) is 23.2 Å². The molecule has 0 radical (unpaired) electrons. The Morgan fingerprint density at radius 1 is 1.07 bits per heavy atom. The minimum absolute atomic E-state index is 0.0182. The normalized spacial score (nSPS) is 14.3. The highest BCUT2D eigenvalue weighted by atomic mass is 19.1. The van der Waals surface area contributed by atoms with Gasteiger partial charge in [-0.3, -0.25) is 23.4 Å². The fraction of sp³-hybridized carbons (Fsp3) is 0.357. The van der Waals surface area contributed by atoms with Gasteiger partial charge in [0, 0.05) is 44.0 Å². The third kappa shape index (κ3) is 5.25. The van der Waals surface area contributed by atoms with Crippen molar-refractivity contribution in [3.05, 3.63) is 80.9 Å². The van der Waals surface area contributed by atoms with Gasteiger partial charge in [0.2, 0.25) is 6.41 Å². The third-order valence-electron chi connectivity index (χ3n) is 7.18. The van der Waals surface area contributed by atoms with E-state index in [-0.39, 0.29) is 17.4 Å². The Hall–Kier alpha value is -4.35. The second-order valence-electron chi connectivity index (χ2n) is 9.84. The molecule has 12 heteroatoms. The summed E-state index contributed by atoms with van der Waals surface area (Å²) >= 11 is 0. The zero-order chi connectivity index (χ0) is 28.4. The molecule has 0 aliphatic carbocycles. The number of benzene rings is 2. The van der Waals surface area contributed by atoms with E-state index < -0.39 is 48.3 Å². The lowest BCUT2D eigenvalue weighted by atomic mass is 10.0. The predicted molar refractivity (Wildman–Crippen MR) is 142 cm³/mol. The highest BCUT2D eigenvalue weighted by Gasteiger charge is 2.26. The molecular formula is C28H28F3N5O4. The van der Waals surface area contributed by atoms with E-state index in [4.69, 9.17) is 4.74 Å². The minimum Gasteiger partial charge on any atom is -0.482 e. The highest BCUT2D eigenvalue weighted by molar-refractivity contribution is 5.80. The molecular weight excluding hydrogens is 527 g/mol. The maximum atomic E-state index is 15.1. The Kier molecular flexibility index (Phi) is 7.76. The van der Waals surface area contributed by atoms with Crippen LogP contribution >= 0.6 is 0 Å². The number of alkyl halides is 2. The van der Waals surface area contributed by atoms with Gasteiger partial charge in [0.25, 0.3) is 5.56 Å². The number of aryl methyl sites for hydroxylation is 1. The van der Waals surface area contributed by atoms with Gasteiger partial charge in [0.15, 0.2) is 17.7 Å². The second-order valence-corrected chi connectivity index (χ2v) is 9.84. The first-order valence-electron chi connectivity index (χ1n) is 12.9. The Morgan fingerprint density at radius 3 is 2.38 bits per heavy atom. The summed E-state index contributed by atoms with van der Waals surface area (Å²) in [6, 6.07) is 10.8. The average Bonchev–Trinajstić information content (AvgIpc) is 3.41. The first-order valence-corrected chi connectivity index (χ1v) is 12.9. The van der Waals surface area contributed by atoms with Crippen molar-refractivity contribution in [3.63, 3.8) is 0 Å². The van der Waals surface area contributed by atoms with E-state index in [1.165, 1.54) is 4.57 Å². The van der Waals surface area contributed by atoms with Crippen LogP contribution in [0.1, 0.15) is 24.4 Å². The number of carbonyl (C=O) groups excluding carboxylic acids is 1. The van der Waals surface area contributed by atoms with Crippen molar-refractivity contribution < 1.29 is 22.7 Å². The number of ether oxygens (including phenoxy) is 1. The van der Waals surface area contributed by atoms with Crippen LogP contribution in [0.25, 0.3) is 22.2 Å². The molecule has 2 aromatic carbocycles. The highest BCUT2D eigenvalue weighted by Crippen LogP contribution is 2.28. The Bertz CT molecular complexity index is 1630. The smallest absolute Gasteiger partial charge is 0.332 e. The number of likely N-dealkylation sites (tertiary alicyclic amines) is 1. The van der Waals surface area contributed by atoms with Crippen LogP contribution in [0.15, 0.2) is 58.3 Å². The number of fused-ring (bicyclic) bond motifs is 1. The summed E-state index contributed by atoms with van der Waals surface area (Å²) in [6.07, 6.45) is 1.89. The lowest BCUT2D eigenvalue weighted by molar-refractivity contribution is -0.119. The SMILES string of the molecule is Cn1ccc(-c2ccc(Cn3c(=O)c4cc(OC(CF)CF)c(F)cc4n(C4CCN(C=O)CC4)c3=O)cc2)n1. The number of halogens is 3. The second kappa shape index (κ2) is 11.4. The largest absolute Gasteiger partial charge is 0.482 e. The molecule has 9 nitrogen and oxygen atoms in total. The first-order chi connectivity index (χ1) is 19.3. The van der Waals surface area contributed by atoms with Gasteiger partial charge in [0.05, 0.1) is 23.1 Å². The molecule has 0 spiro atoms. The van der Waals surface area contributed by atoms with Crippen LogP contribution in [0.3, 0.4) is 0 Å². The van der Waals surface area contributed by atoms with Crippen LogP contribution in [-0.4, -0.2) is 62.8 Å². The van der Waals surface area contributed by atoms with Crippen molar-refractivity contribution in [2.24, 2.45) is 7.05 Å². The molecule has 1 aliphatic rings. The van der Waals surface area contributed by atoms with Crippen LogP contribution in [0, 0.1) is 5.82 Å². The van der Waals surface area contributed by atoms with Crippen LogP contribution in [0.5, 0.6) is 5.75 Å². The van der Waals surface area contributed by atoms with E-state index in [1.54, 1.807) is 21.7 Å². The molecule has 0 atom stereocenters. The topological polar surface area (TPSA) is 91.4 Å². The number of piperidine rings is 1. The van der Waals surface area contributed by atoms with Crippen molar-refractivity contribution >= 4 is 17.3 Å². The molecule has 1 amide bonds. The van der Waals surface area contributed by atoms with E-state index in [0.29, 0.717) is 31.5 Å². The summed E-state index contributed by atoms with van der Waals surface area (Å²) in [5.41, 5.74) is 1.07. The van der Waals surface area contributed by atoms with Gasteiger partial charge in [-0.2, -0.15) is 5.10 Å². The number of aromatic nitrogens is 4. The van der Waals surface area contributed by atoms with E-state index >= 15 is 4.39 Å². The maximum absolute atomic E-state index is 15.1. The summed E-state index contributed by atoms with van der Waals surface area (Å²) in [7, 11) is 1.81. The summed E-state index contributed by atoms with van der Waals surface area (Å²) in [5.74, 6) is -1.42. The zero-order valence-corrected chi connectivity index (χ0v) is 21.8. The molecule has 4 aromatic rings. The van der Waals surface area contributed by atoms with Gasteiger partial charge in [-0.05, 0) is 30.5 Å². The van der Waals surface area contributed by atoms with Crippen molar-refractivity contribution in [2.75, 3.05) is 26.4 Å². The molecule has 210 valence electrons. The van der Waals surface area contributed by atoms with Gasteiger partial charge in [0.1, 0.15) is 13.3 Å². The molecule has 0 bridgehead atoms. The first kappa shape index (κ1) is 27.2. The van der Waals surface area contributed by atoms with Gasteiger partial charge < -0.3 is 9.64 Å². The van der Waals surface area contributed by atoms with Crippen LogP contribution < -0.4 is 16.0 Å². The molecule has 40 heavy (non-hydrogen) atoms. The number of hydrogen-bond acceptors (Lipinski definition) is 5. The van der Waals surface area contributed by atoms with Gasteiger partial charge in [-0.1, -0.05) is 24.3 Å². The third-order valence-corrected chi connectivity index (χ3v) is 7.18. The number of amides is 1. The van der Waals surface area contributed by atoms with Crippen LogP contribution in [0.2, 0.25) is 0 Å². The summed E-state index contributed by atoms with van der Waals surface area (Å²) in [5, 5.41) is 4.36. The standard InChI is InChI=1S/C28H28F3N5O4/c1-33-9-8-24(32-33)19-4-2-18(3-5-19)16-35-27(38)22-12-26(40-21(14-29)15-30)23(31)13-25(22)36(28(35)39)20-6-10-34(17-37)11-7-20/h2-5,8-9,12-13,17,20-21H,6-7,10-11,14-16H2,1H3. The van der Waals surface area contributed by atoms with Crippen molar-refractivity contribution in [1.29, 1.82) is 0 Å². The fourth-order valence-electron chi connectivity index (χ4n) is 5.03. The predicted octanol–water partition coefficient (Wildman–Crippen LogP) is 3.23. The van der Waals surface area contributed by atoms with E-state index in [2.05, 4.69) is 5.10 Å². The number of carbonyl (C=O) groups is 1. The summed E-state index contributed by atoms with van der Waals surface area (Å²) in [6.45, 7) is -1.62. The number of nitrogens with zero attached hydrogens (tertiary/aromatic N) is 5.